The van der Waals surface area contributed by atoms with E-state index >= 15 is 0 Å². The van der Waals surface area contributed by atoms with Gasteiger partial charge in [-0.15, -0.1) is 0 Å². The monoisotopic (exact) mass is 253 g/mol. The maximum Gasteiger partial charge on any atom is 0.280 e. The fraction of sp³-hybridized carbons (Fsp3) is 0.375. The molecule has 0 spiro atoms. The largest absolute Gasteiger partial charge is 0.280 e. The number of halogens is 4. The van der Waals surface area contributed by atoms with Crippen LogP contribution in [0.4, 0.5) is 13.2 Å². The molecule has 5 heteroatoms. The summed E-state index contributed by atoms with van der Waals surface area (Å²) in [6, 6.07) is 1.07. The maximum absolute atomic E-state index is 13.0. The zero-order chi connectivity index (χ0) is 10.0. The van der Waals surface area contributed by atoms with Crippen LogP contribution in [-0.4, -0.2) is 4.98 Å². The van der Waals surface area contributed by atoms with E-state index in [1.807, 2.05) is 0 Å². The number of aromatic nitrogens is 1. The van der Waals surface area contributed by atoms with Gasteiger partial charge in [0.25, 0.3) is 6.43 Å². The van der Waals surface area contributed by atoms with Crippen molar-refractivity contribution < 1.29 is 13.2 Å². The van der Waals surface area contributed by atoms with Gasteiger partial charge in [-0.05, 0) is 18.6 Å². The van der Waals surface area contributed by atoms with Crippen LogP contribution in [-0.2, 0) is 5.33 Å². The molecule has 1 aromatic heterocycles. The average molecular weight is 254 g/mol. The Balaban J connectivity index is 3.22. The van der Waals surface area contributed by atoms with Gasteiger partial charge in [0.05, 0.1) is 5.69 Å². The van der Waals surface area contributed by atoms with Crippen molar-refractivity contribution in [2.24, 2.45) is 0 Å². The molecule has 13 heavy (non-hydrogen) atoms. The molecule has 1 nitrogen and oxygen atoms in total. The summed E-state index contributed by atoms with van der Waals surface area (Å²) in [5, 5.41) is 0.138. The fourth-order valence-corrected chi connectivity index (χ4v) is 1.34. The predicted molar refractivity (Wildman–Crippen MR) is 46.5 cm³/mol. The van der Waals surface area contributed by atoms with Crippen molar-refractivity contribution in [1.29, 1.82) is 0 Å². The van der Waals surface area contributed by atoms with E-state index in [4.69, 9.17) is 0 Å². The molecule has 0 aliphatic heterocycles. The lowest BCUT2D eigenvalue weighted by Crippen LogP contribution is -2.01. The number of hydrogen-bond acceptors (Lipinski definition) is 1. The molecule has 0 aliphatic carbocycles. The van der Waals surface area contributed by atoms with E-state index in [0.717, 1.165) is 6.07 Å². The molecule has 72 valence electrons. The molecule has 1 heterocycles. The highest BCUT2D eigenvalue weighted by Gasteiger charge is 2.15. The van der Waals surface area contributed by atoms with Gasteiger partial charge in [-0.3, -0.25) is 0 Å². The quantitative estimate of drug-likeness (QED) is 0.737. The van der Waals surface area contributed by atoms with Gasteiger partial charge in [0.15, 0.2) is 0 Å². The minimum Gasteiger partial charge on any atom is -0.248 e. The van der Waals surface area contributed by atoms with Gasteiger partial charge in [0.1, 0.15) is 11.5 Å². The number of rotatable bonds is 2. The van der Waals surface area contributed by atoms with Crippen molar-refractivity contribution in [2.75, 3.05) is 0 Å². The number of nitrogens with zero attached hydrogens (tertiary/aromatic N) is 1. The Morgan fingerprint density at radius 1 is 1.54 bits per heavy atom. The molecule has 0 saturated heterocycles. The molecular weight excluding hydrogens is 247 g/mol. The smallest absolute Gasteiger partial charge is 0.248 e. The van der Waals surface area contributed by atoms with E-state index in [-0.39, 0.29) is 22.3 Å². The van der Waals surface area contributed by atoms with Crippen molar-refractivity contribution in [3.05, 3.63) is 28.8 Å². The second-order valence-electron chi connectivity index (χ2n) is 2.55. The normalized spacial score (nSPS) is 10.9. The van der Waals surface area contributed by atoms with Crippen molar-refractivity contribution >= 4 is 15.9 Å². The third kappa shape index (κ3) is 2.21. The third-order valence-electron chi connectivity index (χ3n) is 1.61. The minimum atomic E-state index is -2.65. The summed E-state index contributed by atoms with van der Waals surface area (Å²) in [5.74, 6) is -0.557. The molecule has 0 aliphatic rings. The first-order chi connectivity index (χ1) is 6.06. The molecule has 1 rings (SSSR count). The number of aryl methyl sites for hydroxylation is 1. The lowest BCUT2D eigenvalue weighted by molar-refractivity contribution is 0.144. The van der Waals surface area contributed by atoms with Crippen molar-refractivity contribution in [1.82, 2.24) is 4.98 Å². The van der Waals surface area contributed by atoms with E-state index in [1.165, 1.54) is 6.92 Å². The first kappa shape index (κ1) is 10.5. The van der Waals surface area contributed by atoms with Gasteiger partial charge in [-0.25, -0.2) is 18.2 Å². The van der Waals surface area contributed by atoms with Crippen LogP contribution in [0.25, 0.3) is 0 Å². The van der Waals surface area contributed by atoms with Crippen LogP contribution in [0.1, 0.15) is 23.4 Å². The number of alkyl halides is 3. The summed E-state index contributed by atoms with van der Waals surface area (Å²) in [7, 11) is 0. The topological polar surface area (TPSA) is 12.9 Å². The summed E-state index contributed by atoms with van der Waals surface area (Å²) in [4.78, 5) is 3.52. The standard InChI is InChI=1S/C8H7BrF3N/c1-4-2-5(10)6(3-9)13-7(4)8(11)12/h2,8H,3H2,1H3. The molecule has 1 aromatic rings. The summed E-state index contributed by atoms with van der Waals surface area (Å²) >= 11 is 2.97. The van der Waals surface area contributed by atoms with Crippen LogP contribution in [0.3, 0.4) is 0 Å². The second kappa shape index (κ2) is 4.09. The Bertz CT molecular complexity index is 315. The van der Waals surface area contributed by atoms with Crippen molar-refractivity contribution in [3.8, 4) is 0 Å². The van der Waals surface area contributed by atoms with Crippen LogP contribution >= 0.6 is 15.9 Å². The van der Waals surface area contributed by atoms with Gasteiger partial charge < -0.3 is 0 Å². The van der Waals surface area contributed by atoms with Crippen molar-refractivity contribution in [3.63, 3.8) is 0 Å². The average Bonchev–Trinajstić information content (AvgIpc) is 2.03. The van der Waals surface area contributed by atoms with E-state index in [1.54, 1.807) is 0 Å². The zero-order valence-electron chi connectivity index (χ0n) is 6.82. The number of hydrogen-bond donors (Lipinski definition) is 0. The first-order valence-electron chi connectivity index (χ1n) is 3.56. The Hall–Kier alpha value is -0.580. The zero-order valence-corrected chi connectivity index (χ0v) is 8.41. The van der Waals surface area contributed by atoms with Gasteiger partial charge in [0, 0.05) is 5.33 Å². The molecule has 0 radical (unpaired) electrons. The van der Waals surface area contributed by atoms with Crippen LogP contribution in [0, 0.1) is 12.7 Å². The van der Waals surface area contributed by atoms with E-state index in [2.05, 4.69) is 20.9 Å². The van der Waals surface area contributed by atoms with E-state index in [0.29, 0.717) is 0 Å². The Morgan fingerprint density at radius 2 is 2.15 bits per heavy atom. The van der Waals surface area contributed by atoms with Crippen LogP contribution in [0.15, 0.2) is 6.07 Å². The molecule has 0 saturated carbocycles. The minimum absolute atomic E-state index is 0.0147. The Morgan fingerprint density at radius 3 is 2.62 bits per heavy atom. The molecular formula is C8H7BrF3N. The molecule has 0 bridgehead atoms. The molecule has 0 amide bonds. The molecule has 0 atom stereocenters. The Kier molecular flexibility index (Phi) is 3.30. The van der Waals surface area contributed by atoms with Crippen LogP contribution in [0.5, 0.6) is 0 Å². The van der Waals surface area contributed by atoms with Crippen LogP contribution < -0.4 is 0 Å². The third-order valence-corrected chi connectivity index (χ3v) is 2.14. The highest BCUT2D eigenvalue weighted by molar-refractivity contribution is 9.08. The highest BCUT2D eigenvalue weighted by Crippen LogP contribution is 2.22. The van der Waals surface area contributed by atoms with Gasteiger partial charge in [-0.1, -0.05) is 15.9 Å². The molecule has 0 aromatic carbocycles. The van der Waals surface area contributed by atoms with Gasteiger partial charge >= 0.3 is 0 Å². The fourth-order valence-electron chi connectivity index (χ4n) is 0.949. The van der Waals surface area contributed by atoms with Gasteiger partial charge in [-0.2, -0.15) is 0 Å². The SMILES string of the molecule is Cc1cc(F)c(CBr)nc1C(F)F. The second-order valence-corrected chi connectivity index (χ2v) is 3.11. The number of pyridine rings is 1. The lowest BCUT2D eigenvalue weighted by atomic mass is 10.2. The maximum atomic E-state index is 13.0. The summed E-state index contributed by atoms with van der Waals surface area (Å²) < 4.78 is 37.5. The van der Waals surface area contributed by atoms with Crippen LogP contribution in [0.2, 0.25) is 0 Å². The summed E-state index contributed by atoms with van der Waals surface area (Å²) in [5.41, 5.74) is -0.158. The lowest BCUT2D eigenvalue weighted by Gasteiger charge is -2.06. The molecule has 0 unspecified atom stereocenters. The predicted octanol–water partition coefficient (Wildman–Crippen LogP) is 3.36. The highest BCUT2D eigenvalue weighted by atomic mass is 79.9. The Labute approximate surface area is 82.1 Å². The van der Waals surface area contributed by atoms with Gasteiger partial charge in [0.2, 0.25) is 0 Å². The van der Waals surface area contributed by atoms with E-state index in [9.17, 15) is 13.2 Å². The summed E-state index contributed by atoms with van der Waals surface area (Å²) in [6.07, 6.45) is -2.65. The molecule has 0 N–H and O–H groups in total. The first-order valence-corrected chi connectivity index (χ1v) is 4.68. The summed E-state index contributed by atoms with van der Waals surface area (Å²) in [6.45, 7) is 1.41. The van der Waals surface area contributed by atoms with E-state index < -0.39 is 12.2 Å². The van der Waals surface area contributed by atoms with Crippen molar-refractivity contribution in [2.45, 2.75) is 18.7 Å². The molecule has 0 fully saturated rings.